The van der Waals surface area contributed by atoms with Crippen molar-refractivity contribution in [2.45, 2.75) is 72.5 Å². The molecule has 1 aromatic rings. The molecule has 0 saturated carbocycles. The van der Waals surface area contributed by atoms with E-state index in [0.29, 0.717) is 23.4 Å². The molecule has 0 fully saturated rings. The second-order valence-corrected chi connectivity index (χ2v) is 7.19. The lowest BCUT2D eigenvalue weighted by Gasteiger charge is -2.27. The van der Waals surface area contributed by atoms with Crippen molar-refractivity contribution in [1.29, 1.82) is 0 Å². The number of hydrogen-bond donors (Lipinski definition) is 3. The molecule has 7 heteroatoms. The number of amides is 2. The van der Waals surface area contributed by atoms with Crippen molar-refractivity contribution >= 4 is 11.8 Å². The first-order chi connectivity index (χ1) is 12.0. The molecule has 2 amide bonds. The van der Waals surface area contributed by atoms with Crippen LogP contribution in [0.2, 0.25) is 0 Å². The predicted octanol–water partition coefficient (Wildman–Crippen LogP) is 1.24. The first-order valence-corrected chi connectivity index (χ1v) is 9.12. The Labute approximate surface area is 155 Å². The van der Waals surface area contributed by atoms with E-state index in [4.69, 9.17) is 5.73 Å². The van der Waals surface area contributed by atoms with Crippen LogP contribution < -0.4 is 21.9 Å². The second kappa shape index (κ2) is 8.98. The number of pyridine rings is 1. The van der Waals surface area contributed by atoms with Gasteiger partial charge in [0.25, 0.3) is 11.5 Å². The Balaban J connectivity index is 3.12. The van der Waals surface area contributed by atoms with Crippen LogP contribution in [0.5, 0.6) is 0 Å². The van der Waals surface area contributed by atoms with Gasteiger partial charge in [-0.2, -0.15) is 0 Å². The third-order valence-corrected chi connectivity index (χ3v) is 4.75. The number of carbonyl (C=O) groups is 2. The van der Waals surface area contributed by atoms with E-state index >= 15 is 0 Å². The summed E-state index contributed by atoms with van der Waals surface area (Å²) in [5, 5.41) is 5.63. The highest BCUT2D eigenvalue weighted by Crippen LogP contribution is 2.13. The van der Waals surface area contributed by atoms with Gasteiger partial charge in [-0.05, 0) is 46.1 Å². The van der Waals surface area contributed by atoms with E-state index in [1.165, 1.54) is 10.6 Å². The fraction of sp³-hybridized carbons (Fsp3) is 0.632. The highest BCUT2D eigenvalue weighted by atomic mass is 16.2. The zero-order valence-electron chi connectivity index (χ0n) is 16.7. The summed E-state index contributed by atoms with van der Waals surface area (Å²) in [5.74, 6) is -0.548. The molecule has 1 rings (SSSR count). The van der Waals surface area contributed by atoms with Crippen LogP contribution >= 0.6 is 0 Å². The fourth-order valence-corrected chi connectivity index (χ4v) is 2.82. The average Bonchev–Trinajstić information content (AvgIpc) is 2.55. The van der Waals surface area contributed by atoms with Crippen molar-refractivity contribution in [3.63, 3.8) is 0 Å². The highest BCUT2D eigenvalue weighted by Gasteiger charge is 2.23. The summed E-state index contributed by atoms with van der Waals surface area (Å²) in [6.07, 6.45) is 1.49. The molecule has 0 aliphatic heterocycles. The molecular formula is C19H32N4O3. The van der Waals surface area contributed by atoms with Crippen LogP contribution in [-0.2, 0) is 11.3 Å². The molecule has 146 valence electrons. The fourth-order valence-electron chi connectivity index (χ4n) is 2.82. The summed E-state index contributed by atoms with van der Waals surface area (Å²) >= 11 is 0. The summed E-state index contributed by atoms with van der Waals surface area (Å²) in [4.78, 5) is 37.0. The molecule has 0 saturated heterocycles. The Hall–Kier alpha value is -2.15. The Morgan fingerprint density at radius 3 is 2.31 bits per heavy atom. The van der Waals surface area contributed by atoms with Gasteiger partial charge in [0.1, 0.15) is 6.54 Å². The SMILES string of the molecule is CCC(N)(CC)CNC(=O)c1c(C)cc(=O)n(CC(=O)NC(C)C)c1C. The molecule has 0 bridgehead atoms. The smallest absolute Gasteiger partial charge is 0.253 e. The maximum atomic E-state index is 12.7. The van der Waals surface area contributed by atoms with Crippen molar-refractivity contribution in [1.82, 2.24) is 15.2 Å². The number of carbonyl (C=O) groups excluding carboxylic acids is 2. The summed E-state index contributed by atoms with van der Waals surface area (Å²) in [6.45, 7) is 11.3. The quantitative estimate of drug-likeness (QED) is 0.645. The normalized spacial score (nSPS) is 11.5. The summed E-state index contributed by atoms with van der Waals surface area (Å²) < 4.78 is 1.33. The van der Waals surface area contributed by atoms with Gasteiger partial charge in [0.2, 0.25) is 5.91 Å². The maximum Gasteiger partial charge on any atom is 0.253 e. The molecule has 1 heterocycles. The monoisotopic (exact) mass is 364 g/mol. The third-order valence-electron chi connectivity index (χ3n) is 4.75. The Kier molecular flexibility index (Phi) is 7.56. The van der Waals surface area contributed by atoms with Gasteiger partial charge in [-0.25, -0.2) is 0 Å². The van der Waals surface area contributed by atoms with Crippen LogP contribution in [0.1, 0.15) is 62.2 Å². The van der Waals surface area contributed by atoms with Gasteiger partial charge in [-0.1, -0.05) is 13.8 Å². The van der Waals surface area contributed by atoms with Gasteiger partial charge >= 0.3 is 0 Å². The lowest BCUT2D eigenvalue weighted by atomic mass is 9.94. The van der Waals surface area contributed by atoms with Crippen molar-refractivity contribution in [2.24, 2.45) is 5.73 Å². The van der Waals surface area contributed by atoms with Crippen LogP contribution in [0.25, 0.3) is 0 Å². The first-order valence-electron chi connectivity index (χ1n) is 9.12. The lowest BCUT2D eigenvalue weighted by Crippen LogP contribution is -2.49. The van der Waals surface area contributed by atoms with E-state index in [2.05, 4.69) is 10.6 Å². The van der Waals surface area contributed by atoms with Gasteiger partial charge in [0.15, 0.2) is 0 Å². The standard InChI is InChI=1S/C19H32N4O3/c1-7-19(20,8-2)11-21-18(26)17-13(5)9-16(25)23(14(17)6)10-15(24)22-12(3)4/h9,12H,7-8,10-11,20H2,1-6H3,(H,21,26)(H,22,24). The molecule has 7 nitrogen and oxygen atoms in total. The Bertz CT molecular complexity index is 718. The van der Waals surface area contributed by atoms with Gasteiger partial charge < -0.3 is 20.9 Å². The summed E-state index contributed by atoms with van der Waals surface area (Å²) in [6, 6.07) is 1.37. The van der Waals surface area contributed by atoms with Crippen molar-refractivity contribution < 1.29 is 9.59 Å². The molecule has 0 aliphatic rings. The van der Waals surface area contributed by atoms with Crippen molar-refractivity contribution in [3.05, 3.63) is 33.2 Å². The zero-order valence-corrected chi connectivity index (χ0v) is 16.7. The largest absolute Gasteiger partial charge is 0.352 e. The molecule has 0 radical (unpaired) electrons. The van der Waals surface area contributed by atoms with Gasteiger partial charge in [-0.15, -0.1) is 0 Å². The molecule has 4 N–H and O–H groups in total. The number of hydrogen-bond acceptors (Lipinski definition) is 4. The van der Waals surface area contributed by atoms with Crippen LogP contribution in [0.4, 0.5) is 0 Å². The van der Waals surface area contributed by atoms with Crippen LogP contribution in [0, 0.1) is 13.8 Å². The van der Waals surface area contributed by atoms with E-state index in [1.807, 2.05) is 27.7 Å². The van der Waals surface area contributed by atoms with Gasteiger partial charge in [0, 0.05) is 29.9 Å². The molecule has 1 aromatic heterocycles. The van der Waals surface area contributed by atoms with Crippen LogP contribution in [0.15, 0.2) is 10.9 Å². The lowest BCUT2D eigenvalue weighted by molar-refractivity contribution is -0.122. The molecule has 0 atom stereocenters. The average molecular weight is 364 g/mol. The maximum absolute atomic E-state index is 12.7. The minimum absolute atomic E-state index is 0.0208. The minimum atomic E-state index is -0.455. The molecule has 0 aliphatic carbocycles. The first kappa shape index (κ1) is 21.9. The number of aryl methyl sites for hydroxylation is 1. The van der Waals surface area contributed by atoms with Crippen molar-refractivity contribution in [3.8, 4) is 0 Å². The number of aromatic nitrogens is 1. The molecule has 0 unspecified atom stereocenters. The van der Waals surface area contributed by atoms with Crippen LogP contribution in [0.3, 0.4) is 0 Å². The number of nitrogens with two attached hydrogens (primary N) is 1. The van der Waals surface area contributed by atoms with E-state index in [1.54, 1.807) is 13.8 Å². The topological polar surface area (TPSA) is 106 Å². The Morgan fingerprint density at radius 1 is 1.23 bits per heavy atom. The third kappa shape index (κ3) is 5.42. The minimum Gasteiger partial charge on any atom is -0.352 e. The van der Waals surface area contributed by atoms with E-state index in [0.717, 1.165) is 12.8 Å². The second-order valence-electron chi connectivity index (χ2n) is 7.19. The predicted molar refractivity (Wildman–Crippen MR) is 103 cm³/mol. The van der Waals surface area contributed by atoms with E-state index in [9.17, 15) is 14.4 Å². The van der Waals surface area contributed by atoms with E-state index < -0.39 is 5.54 Å². The Morgan fingerprint density at radius 2 is 1.81 bits per heavy atom. The van der Waals surface area contributed by atoms with Crippen LogP contribution in [-0.4, -0.2) is 34.5 Å². The van der Waals surface area contributed by atoms with Crippen molar-refractivity contribution in [2.75, 3.05) is 6.54 Å². The summed E-state index contributed by atoms with van der Waals surface area (Å²) in [5.41, 5.74) is 6.96. The molecule has 26 heavy (non-hydrogen) atoms. The van der Waals surface area contributed by atoms with Gasteiger partial charge in [0.05, 0.1) is 5.56 Å². The van der Waals surface area contributed by atoms with Gasteiger partial charge in [-0.3, -0.25) is 14.4 Å². The molecular weight excluding hydrogens is 332 g/mol. The summed E-state index contributed by atoms with van der Waals surface area (Å²) in [7, 11) is 0. The molecule has 0 aromatic carbocycles. The number of nitrogens with zero attached hydrogens (tertiary/aromatic N) is 1. The highest BCUT2D eigenvalue weighted by molar-refractivity contribution is 5.96. The zero-order chi connectivity index (χ0) is 20.1. The molecule has 0 spiro atoms. The number of nitrogens with one attached hydrogen (secondary N) is 2. The number of rotatable bonds is 8. The van der Waals surface area contributed by atoms with E-state index in [-0.39, 0.29) is 30.0 Å².